The van der Waals surface area contributed by atoms with Gasteiger partial charge in [-0.3, -0.25) is 14.5 Å². The number of nitrogens with two attached hydrogens (primary N) is 1. The molecule has 2 aromatic carbocycles. The van der Waals surface area contributed by atoms with Crippen molar-refractivity contribution in [3.63, 3.8) is 0 Å². The number of carbonyl (C=O) groups excluding carboxylic acids is 3. The number of hydrogen-bond acceptors (Lipinski definition) is 4. The van der Waals surface area contributed by atoms with Crippen LogP contribution in [0.5, 0.6) is 0 Å². The van der Waals surface area contributed by atoms with Crippen molar-refractivity contribution < 1.29 is 14.4 Å². The quantitative estimate of drug-likeness (QED) is 0.559. The number of nitrogens with zero attached hydrogens (tertiary/aromatic N) is 2. The van der Waals surface area contributed by atoms with Crippen LogP contribution in [0.1, 0.15) is 30.4 Å². The van der Waals surface area contributed by atoms with Crippen LogP contribution < -0.4 is 16.4 Å². The molecule has 8 heteroatoms. The predicted molar refractivity (Wildman–Crippen MR) is 124 cm³/mol. The fraction of sp³-hybridized carbons (Fsp3) is 0.375. The van der Waals surface area contributed by atoms with Crippen LogP contribution in [0.3, 0.4) is 0 Å². The van der Waals surface area contributed by atoms with E-state index >= 15 is 0 Å². The van der Waals surface area contributed by atoms with Gasteiger partial charge in [0.1, 0.15) is 0 Å². The van der Waals surface area contributed by atoms with Crippen LogP contribution >= 0.6 is 0 Å². The Hall–Kier alpha value is -3.39. The van der Waals surface area contributed by atoms with E-state index in [0.29, 0.717) is 18.8 Å². The fourth-order valence-electron chi connectivity index (χ4n) is 3.90. The zero-order chi connectivity index (χ0) is 22.9. The van der Waals surface area contributed by atoms with Gasteiger partial charge in [-0.05, 0) is 36.6 Å². The molecule has 0 bridgehead atoms. The second kappa shape index (κ2) is 11.3. The molecule has 0 spiro atoms. The summed E-state index contributed by atoms with van der Waals surface area (Å²) in [5.41, 5.74) is 8.19. The van der Waals surface area contributed by atoms with Crippen molar-refractivity contribution in [2.45, 2.75) is 38.4 Å². The molecule has 0 saturated carbocycles. The summed E-state index contributed by atoms with van der Waals surface area (Å²) in [6.45, 7) is 2.08. The minimum atomic E-state index is -0.308. The van der Waals surface area contributed by atoms with Gasteiger partial charge in [0.2, 0.25) is 11.8 Å². The second-order valence-corrected chi connectivity index (χ2v) is 8.06. The first-order chi connectivity index (χ1) is 15.4. The van der Waals surface area contributed by atoms with E-state index in [1.807, 2.05) is 54.6 Å². The van der Waals surface area contributed by atoms with Crippen LogP contribution in [0.15, 0.2) is 54.6 Å². The molecule has 0 aromatic heterocycles. The maximum absolute atomic E-state index is 12.5. The number of benzene rings is 2. The highest BCUT2D eigenvalue weighted by Gasteiger charge is 2.29. The average Bonchev–Trinajstić information content (AvgIpc) is 3.24. The number of primary amides is 1. The van der Waals surface area contributed by atoms with Crippen LogP contribution in [0.4, 0.5) is 10.5 Å². The molecule has 1 aliphatic heterocycles. The van der Waals surface area contributed by atoms with Crippen molar-refractivity contribution in [2.75, 3.05) is 25.5 Å². The van der Waals surface area contributed by atoms with E-state index in [0.717, 1.165) is 30.5 Å². The SMILES string of the molecule is CN(Cc1ccccc1)C(=O)NCCC(=O)Nc1ccccc1CN1CCCC1C(N)=O. The highest BCUT2D eigenvalue weighted by atomic mass is 16.2. The predicted octanol–water partition coefficient (Wildman–Crippen LogP) is 2.31. The Morgan fingerprint density at radius 1 is 1.09 bits per heavy atom. The third kappa shape index (κ3) is 6.55. The molecule has 3 rings (SSSR count). The molecule has 4 amide bonds. The number of likely N-dealkylation sites (tertiary alicyclic amines) is 1. The molecular formula is C24H31N5O3. The van der Waals surface area contributed by atoms with Crippen molar-refractivity contribution >= 4 is 23.5 Å². The van der Waals surface area contributed by atoms with Crippen LogP contribution in [0, 0.1) is 0 Å². The summed E-state index contributed by atoms with van der Waals surface area (Å²) in [4.78, 5) is 40.0. The van der Waals surface area contributed by atoms with Gasteiger partial charge in [-0.15, -0.1) is 0 Å². The van der Waals surface area contributed by atoms with E-state index in [2.05, 4.69) is 15.5 Å². The Balaban J connectivity index is 1.47. The first-order valence-corrected chi connectivity index (χ1v) is 10.9. The Labute approximate surface area is 188 Å². The molecule has 32 heavy (non-hydrogen) atoms. The molecule has 0 radical (unpaired) electrons. The van der Waals surface area contributed by atoms with Crippen LogP contribution in [-0.4, -0.2) is 53.8 Å². The summed E-state index contributed by atoms with van der Waals surface area (Å²) in [7, 11) is 1.72. The van der Waals surface area contributed by atoms with E-state index in [-0.39, 0.29) is 36.9 Å². The van der Waals surface area contributed by atoms with Gasteiger partial charge >= 0.3 is 6.03 Å². The summed E-state index contributed by atoms with van der Waals surface area (Å²) in [5.74, 6) is -0.492. The summed E-state index contributed by atoms with van der Waals surface area (Å²) >= 11 is 0. The van der Waals surface area contributed by atoms with E-state index in [4.69, 9.17) is 5.73 Å². The van der Waals surface area contributed by atoms with Gasteiger partial charge in [0.05, 0.1) is 6.04 Å². The second-order valence-electron chi connectivity index (χ2n) is 8.06. The summed E-state index contributed by atoms with van der Waals surface area (Å²) < 4.78 is 0. The van der Waals surface area contributed by atoms with Gasteiger partial charge in [-0.1, -0.05) is 48.5 Å². The Morgan fingerprint density at radius 3 is 2.56 bits per heavy atom. The minimum absolute atomic E-state index is 0.160. The maximum Gasteiger partial charge on any atom is 0.317 e. The van der Waals surface area contributed by atoms with Crippen molar-refractivity contribution in [3.8, 4) is 0 Å². The highest BCUT2D eigenvalue weighted by Crippen LogP contribution is 2.23. The molecule has 1 atom stereocenters. The van der Waals surface area contributed by atoms with Crippen molar-refractivity contribution in [2.24, 2.45) is 5.73 Å². The molecule has 1 saturated heterocycles. The lowest BCUT2D eigenvalue weighted by Gasteiger charge is -2.23. The third-order valence-corrected chi connectivity index (χ3v) is 5.59. The number of urea groups is 1. The lowest BCUT2D eigenvalue weighted by atomic mass is 10.1. The van der Waals surface area contributed by atoms with Crippen LogP contribution in [0.25, 0.3) is 0 Å². The topological polar surface area (TPSA) is 108 Å². The van der Waals surface area contributed by atoms with Gasteiger partial charge in [0.15, 0.2) is 0 Å². The molecule has 170 valence electrons. The van der Waals surface area contributed by atoms with Gasteiger partial charge in [0.25, 0.3) is 0 Å². The normalized spacial score (nSPS) is 15.8. The maximum atomic E-state index is 12.5. The van der Waals surface area contributed by atoms with E-state index in [9.17, 15) is 14.4 Å². The van der Waals surface area contributed by atoms with Gasteiger partial charge in [-0.25, -0.2) is 4.79 Å². The zero-order valence-electron chi connectivity index (χ0n) is 18.4. The largest absolute Gasteiger partial charge is 0.368 e. The van der Waals surface area contributed by atoms with Gasteiger partial charge in [-0.2, -0.15) is 0 Å². The molecule has 1 fully saturated rings. The standard InChI is InChI=1S/C24H31N5O3/c1-28(16-18-8-3-2-4-9-18)24(32)26-14-13-22(30)27-20-11-6-5-10-19(20)17-29-15-7-12-21(29)23(25)31/h2-6,8-11,21H,7,12-17H2,1H3,(H2,25,31)(H,26,32)(H,27,30). The van der Waals surface area contributed by atoms with Gasteiger partial charge < -0.3 is 21.3 Å². The molecule has 8 nitrogen and oxygen atoms in total. The number of hydrogen-bond donors (Lipinski definition) is 3. The van der Waals surface area contributed by atoms with E-state index in [1.165, 1.54) is 0 Å². The average molecular weight is 438 g/mol. The molecule has 1 unspecified atom stereocenters. The molecule has 1 aliphatic rings. The third-order valence-electron chi connectivity index (χ3n) is 5.59. The fourth-order valence-corrected chi connectivity index (χ4v) is 3.90. The minimum Gasteiger partial charge on any atom is -0.368 e. The van der Waals surface area contributed by atoms with Crippen LogP contribution in [-0.2, 0) is 22.7 Å². The highest BCUT2D eigenvalue weighted by molar-refractivity contribution is 5.92. The number of carbonyl (C=O) groups is 3. The lowest BCUT2D eigenvalue weighted by molar-refractivity contribution is -0.122. The molecule has 2 aromatic rings. The first-order valence-electron chi connectivity index (χ1n) is 10.9. The Morgan fingerprint density at radius 2 is 1.81 bits per heavy atom. The van der Waals surface area contributed by atoms with Crippen molar-refractivity contribution in [1.82, 2.24) is 15.1 Å². The summed E-state index contributed by atoms with van der Waals surface area (Å²) in [6.07, 6.45) is 1.86. The Bertz CT molecular complexity index is 934. The smallest absolute Gasteiger partial charge is 0.317 e. The molecule has 4 N–H and O–H groups in total. The monoisotopic (exact) mass is 437 g/mol. The van der Waals surface area contributed by atoms with E-state index in [1.54, 1.807) is 11.9 Å². The Kier molecular flexibility index (Phi) is 8.21. The molecule has 1 heterocycles. The number of rotatable bonds is 9. The lowest BCUT2D eigenvalue weighted by Crippen LogP contribution is -2.40. The number of para-hydroxylation sites is 1. The number of amides is 4. The van der Waals surface area contributed by atoms with Crippen molar-refractivity contribution in [1.29, 1.82) is 0 Å². The van der Waals surface area contributed by atoms with Gasteiger partial charge in [0, 0.05) is 38.8 Å². The molecule has 0 aliphatic carbocycles. The van der Waals surface area contributed by atoms with Crippen molar-refractivity contribution in [3.05, 3.63) is 65.7 Å². The van der Waals surface area contributed by atoms with E-state index < -0.39 is 0 Å². The first kappa shape index (κ1) is 23.3. The molecular weight excluding hydrogens is 406 g/mol. The number of anilines is 1. The number of nitrogens with one attached hydrogen (secondary N) is 2. The summed E-state index contributed by atoms with van der Waals surface area (Å²) in [6, 6.07) is 16.8. The van der Waals surface area contributed by atoms with Crippen LogP contribution in [0.2, 0.25) is 0 Å². The summed E-state index contributed by atoms with van der Waals surface area (Å²) in [5, 5.41) is 5.70. The zero-order valence-corrected chi connectivity index (χ0v) is 18.4.